The van der Waals surface area contributed by atoms with Crippen LogP contribution in [-0.2, 0) is 47.6 Å². The molecule has 3 heterocycles. The summed E-state index contributed by atoms with van der Waals surface area (Å²) in [5.41, 5.74) is 10.6. The molecule has 3 saturated heterocycles. The number of aliphatic imine (C=N–C) groups is 1. The lowest BCUT2D eigenvalue weighted by Crippen LogP contribution is -2.69. The number of guanidine groups is 1. The molecule has 10 atom stereocenters. The van der Waals surface area contributed by atoms with E-state index in [9.17, 15) is 29.4 Å². The number of carboxylic acids is 1. The second-order valence-corrected chi connectivity index (χ2v) is 14.5. The van der Waals surface area contributed by atoms with Crippen molar-refractivity contribution in [2.45, 2.75) is 127 Å². The van der Waals surface area contributed by atoms with E-state index in [4.69, 9.17) is 39.9 Å². The summed E-state index contributed by atoms with van der Waals surface area (Å²) in [5, 5.41) is 25.7. The topological polar surface area (TPSA) is 253 Å². The molecule has 304 valence electrons. The van der Waals surface area contributed by atoms with E-state index < -0.39 is 71.8 Å². The van der Waals surface area contributed by atoms with Crippen LogP contribution in [-0.4, -0.2) is 122 Å². The number of ether oxygens (including phenoxy) is 6. The van der Waals surface area contributed by atoms with Gasteiger partial charge in [0, 0.05) is 57.4 Å². The van der Waals surface area contributed by atoms with E-state index in [0.29, 0.717) is 19.3 Å². The fraction of sp³-hybridized carbons (Fsp3) is 0.703. The van der Waals surface area contributed by atoms with Crippen LogP contribution in [0.4, 0.5) is 0 Å². The molecule has 0 spiro atoms. The lowest BCUT2D eigenvalue weighted by atomic mass is 9.72. The molecule has 0 aliphatic carbocycles. The van der Waals surface area contributed by atoms with Crippen LogP contribution in [0.15, 0.2) is 41.4 Å². The fourth-order valence-electron chi connectivity index (χ4n) is 6.91. The van der Waals surface area contributed by atoms with Gasteiger partial charge in [-0.3, -0.25) is 19.4 Å². The lowest BCUT2D eigenvalue weighted by molar-refractivity contribution is -0.330. The van der Waals surface area contributed by atoms with Crippen LogP contribution in [0.1, 0.15) is 72.6 Å². The predicted octanol–water partition coefficient (Wildman–Crippen LogP) is 1.18. The first-order chi connectivity index (χ1) is 25.5. The highest BCUT2D eigenvalue weighted by molar-refractivity contribution is 5.91. The highest BCUT2D eigenvalue weighted by Crippen LogP contribution is 2.44. The number of aliphatic hydroxyl groups excluding tert-OH is 1. The Morgan fingerprint density at radius 1 is 1.11 bits per heavy atom. The first-order valence-electron chi connectivity index (χ1n) is 18.2. The molecular weight excluding hydrogens is 706 g/mol. The van der Waals surface area contributed by atoms with Crippen LogP contribution in [0.25, 0.3) is 0 Å². The number of methoxy groups -OCH3 is 2. The summed E-state index contributed by atoms with van der Waals surface area (Å²) in [7, 11) is 2.91. The van der Waals surface area contributed by atoms with Gasteiger partial charge in [0.25, 0.3) is 5.91 Å². The number of hydrogen-bond acceptors (Lipinski definition) is 12. The van der Waals surface area contributed by atoms with Gasteiger partial charge in [-0.05, 0) is 32.6 Å². The van der Waals surface area contributed by atoms with Crippen LogP contribution in [0.2, 0.25) is 0 Å². The molecule has 17 heteroatoms. The van der Waals surface area contributed by atoms with Crippen LogP contribution in [0, 0.1) is 11.3 Å². The van der Waals surface area contributed by atoms with Crippen molar-refractivity contribution in [2.24, 2.45) is 27.8 Å². The molecule has 0 aromatic rings. The maximum absolute atomic E-state index is 13.5. The van der Waals surface area contributed by atoms with Crippen molar-refractivity contribution in [3.05, 3.63) is 36.5 Å². The largest absolute Gasteiger partial charge is 0.480 e. The number of ketones is 1. The Morgan fingerprint density at radius 3 is 2.46 bits per heavy atom. The summed E-state index contributed by atoms with van der Waals surface area (Å²) in [6.45, 7) is 11.8. The third-order valence-electron chi connectivity index (χ3n) is 10.4. The molecule has 8 N–H and O–H groups in total. The average Bonchev–Trinajstić information content (AvgIpc) is 3.11. The number of fused-ring (bicyclic) bond motifs is 1. The maximum atomic E-state index is 13.5. The molecule has 0 bridgehead atoms. The highest BCUT2D eigenvalue weighted by Gasteiger charge is 2.57. The zero-order valence-electron chi connectivity index (χ0n) is 32.2. The number of carboxylic acid groups (broad SMARTS) is 1. The maximum Gasteiger partial charge on any atom is 0.326 e. The van der Waals surface area contributed by atoms with Gasteiger partial charge in [-0.15, -0.1) is 0 Å². The van der Waals surface area contributed by atoms with Crippen molar-refractivity contribution < 1.29 is 57.8 Å². The minimum atomic E-state index is -1.72. The van der Waals surface area contributed by atoms with E-state index in [-0.39, 0.29) is 62.8 Å². The second kappa shape index (κ2) is 20.3. The molecular formula is C37H59N5O12. The number of amides is 2. The van der Waals surface area contributed by atoms with Crippen LogP contribution in [0.3, 0.4) is 0 Å². The van der Waals surface area contributed by atoms with Crippen LogP contribution in [0.5, 0.6) is 0 Å². The number of rotatable bonds is 19. The van der Waals surface area contributed by atoms with E-state index in [1.165, 1.54) is 19.3 Å². The van der Waals surface area contributed by atoms with Gasteiger partial charge in [-0.2, -0.15) is 0 Å². The van der Waals surface area contributed by atoms with Gasteiger partial charge in [-0.25, -0.2) is 4.79 Å². The molecule has 2 amide bonds. The van der Waals surface area contributed by atoms with Crippen molar-refractivity contribution in [1.82, 2.24) is 10.6 Å². The van der Waals surface area contributed by atoms with Gasteiger partial charge in [0.2, 0.25) is 11.7 Å². The lowest BCUT2D eigenvalue weighted by Gasteiger charge is -2.54. The highest BCUT2D eigenvalue weighted by atomic mass is 16.7. The smallest absolute Gasteiger partial charge is 0.326 e. The van der Waals surface area contributed by atoms with Crippen molar-refractivity contribution in [2.75, 3.05) is 27.6 Å². The minimum Gasteiger partial charge on any atom is -0.480 e. The normalized spacial score (nSPS) is 30.6. The minimum absolute atomic E-state index is 0.00820. The Balaban J connectivity index is 1.54. The van der Waals surface area contributed by atoms with Gasteiger partial charge in [0.1, 0.15) is 30.8 Å². The molecule has 17 nitrogen and oxygen atoms in total. The number of nitrogens with one attached hydrogen (secondary N) is 2. The van der Waals surface area contributed by atoms with E-state index in [1.807, 2.05) is 27.7 Å². The Kier molecular flexibility index (Phi) is 16.8. The number of Topliss-reactive ketones (excluding diaryl/α,β-unsaturated/α-hetero) is 1. The Hall–Kier alpha value is -3.71. The number of nitrogens with two attached hydrogens (primary N) is 2. The van der Waals surface area contributed by atoms with Crippen molar-refractivity contribution in [1.29, 1.82) is 0 Å². The fourth-order valence-corrected chi connectivity index (χ4v) is 6.91. The Bertz CT molecular complexity index is 1420. The molecule has 3 aliphatic heterocycles. The summed E-state index contributed by atoms with van der Waals surface area (Å²) < 4.78 is 35.7. The number of unbranched alkanes of at least 4 members (excludes halogenated alkanes) is 1. The van der Waals surface area contributed by atoms with Gasteiger partial charge in [0.15, 0.2) is 18.3 Å². The summed E-state index contributed by atoms with van der Waals surface area (Å²) in [6, 6.07) is -1.08. The summed E-state index contributed by atoms with van der Waals surface area (Å²) in [6.07, 6.45) is 2.46. The number of carbonyl (C=O) groups is 4. The van der Waals surface area contributed by atoms with E-state index in [1.54, 1.807) is 19.3 Å². The third kappa shape index (κ3) is 11.6. The Labute approximate surface area is 316 Å². The first-order valence-corrected chi connectivity index (χ1v) is 18.2. The van der Waals surface area contributed by atoms with Crippen LogP contribution >= 0.6 is 0 Å². The van der Waals surface area contributed by atoms with E-state index >= 15 is 0 Å². The first kappa shape index (κ1) is 44.7. The third-order valence-corrected chi connectivity index (χ3v) is 10.4. The number of carbonyl (C=O) groups excluding carboxylic acids is 3. The van der Waals surface area contributed by atoms with E-state index in [2.05, 4.69) is 22.2 Å². The van der Waals surface area contributed by atoms with E-state index in [0.717, 1.165) is 5.57 Å². The zero-order valence-corrected chi connectivity index (χ0v) is 32.2. The van der Waals surface area contributed by atoms with Crippen LogP contribution < -0.4 is 22.1 Å². The summed E-state index contributed by atoms with van der Waals surface area (Å²) in [4.78, 5) is 54.1. The summed E-state index contributed by atoms with van der Waals surface area (Å²) >= 11 is 0. The average molecular weight is 766 g/mol. The summed E-state index contributed by atoms with van der Waals surface area (Å²) in [5.74, 6) is -4.28. The molecule has 0 saturated carbocycles. The van der Waals surface area contributed by atoms with Crippen molar-refractivity contribution in [3.63, 3.8) is 0 Å². The number of hydrogen-bond donors (Lipinski definition) is 6. The molecule has 0 radical (unpaired) electrons. The zero-order chi connectivity index (χ0) is 40.2. The second-order valence-electron chi connectivity index (χ2n) is 14.5. The molecule has 3 aliphatic rings. The molecule has 0 aromatic carbocycles. The number of aliphatic carboxylic acids is 1. The number of nitrogens with zero attached hydrogens (tertiary/aromatic N) is 1. The molecule has 0 aromatic heterocycles. The van der Waals surface area contributed by atoms with Gasteiger partial charge in [-0.1, -0.05) is 51.2 Å². The SMILES string of the molecule is C=C1C[C@](OC)([C@H](O)C(=O)N[C@H]2OCO[C@H]3[C@@H]2O[C@H](CC(=O)CCC/C=C/C=C/C(=O)N[C@@H](CCCN=C(N)N)C(=O)O)C(C)(C)[C@@H]3OC)O[C@H](C)[C@@H]1C. The quantitative estimate of drug-likeness (QED) is 0.0270. The standard InChI is InChI=1S/C37H59N5O12/c1-21-19-37(50-7,54-23(3)22(21)2)30(45)32(46)42-33-29-28(51-20-52-33)31(49-6)36(4,5)26(53-29)18-24(43)14-11-9-8-10-12-16-27(44)41-25(34(47)48)15-13-17-40-35(38)39/h8,10,12,16,22-23,25-26,28-31,33,45H,1,9,11,13-15,17-20H2,2-7H3,(H,41,44)(H,42,46)(H,47,48)(H4,38,39,40)/b10-8+,16-12+/t22-,23-,25+,26-,28+,29+,30-,31-,33+,37-/m1/s1. The van der Waals surface area contributed by atoms with Crippen molar-refractivity contribution in [3.8, 4) is 0 Å². The van der Waals surface area contributed by atoms with Gasteiger partial charge >= 0.3 is 5.97 Å². The molecule has 3 fully saturated rings. The Morgan fingerprint density at radius 2 is 1.83 bits per heavy atom. The predicted molar refractivity (Wildman–Crippen MR) is 196 cm³/mol. The molecule has 0 unspecified atom stereocenters. The number of allylic oxidation sites excluding steroid dienone is 3. The number of aliphatic hydroxyl groups is 1. The molecule has 54 heavy (non-hydrogen) atoms. The van der Waals surface area contributed by atoms with Crippen molar-refractivity contribution >= 4 is 29.5 Å². The van der Waals surface area contributed by atoms with Gasteiger partial charge < -0.3 is 60.7 Å². The van der Waals surface area contributed by atoms with Gasteiger partial charge in [0.05, 0.1) is 18.3 Å². The molecule has 3 rings (SSSR count). The monoisotopic (exact) mass is 765 g/mol.